The zero-order valence-electron chi connectivity index (χ0n) is 12.4. The number of rotatable bonds is 5. The van der Waals surface area contributed by atoms with Crippen molar-refractivity contribution in [1.82, 2.24) is 0 Å². The topological polar surface area (TPSA) is 64.3 Å². The van der Waals surface area contributed by atoms with Gasteiger partial charge in [0.1, 0.15) is 5.75 Å². The molecule has 3 N–H and O–H groups in total. The summed E-state index contributed by atoms with van der Waals surface area (Å²) in [6.07, 6.45) is 0. The number of nitrogens with two attached hydrogens (primary N) is 1. The van der Waals surface area contributed by atoms with Gasteiger partial charge in [-0.3, -0.25) is 4.79 Å². The van der Waals surface area contributed by atoms with Crippen LogP contribution >= 0.6 is 0 Å². The van der Waals surface area contributed by atoms with Crippen LogP contribution in [-0.4, -0.2) is 18.1 Å². The lowest BCUT2D eigenvalue weighted by Crippen LogP contribution is -2.53. The van der Waals surface area contributed by atoms with Crippen LogP contribution in [0.25, 0.3) is 0 Å². The zero-order chi connectivity index (χ0) is 14.7. The minimum Gasteiger partial charge on any atom is -0.492 e. The second-order valence-corrected chi connectivity index (χ2v) is 5.73. The summed E-state index contributed by atoms with van der Waals surface area (Å²) >= 11 is 0. The molecule has 0 saturated heterocycles. The fourth-order valence-corrected chi connectivity index (χ4v) is 1.42. The van der Waals surface area contributed by atoms with Gasteiger partial charge in [-0.1, -0.05) is 12.1 Å². The van der Waals surface area contributed by atoms with Gasteiger partial charge in [-0.2, -0.15) is 0 Å². The summed E-state index contributed by atoms with van der Waals surface area (Å²) in [7, 11) is 0. The van der Waals surface area contributed by atoms with E-state index in [0.717, 1.165) is 0 Å². The highest BCUT2D eigenvalue weighted by molar-refractivity contribution is 5.96. The van der Waals surface area contributed by atoms with Crippen molar-refractivity contribution in [3.8, 4) is 5.75 Å². The lowest BCUT2D eigenvalue weighted by atomic mass is 9.74. The molecule has 0 aliphatic heterocycles. The number of hydrogen-bond donors (Lipinski definition) is 2. The highest BCUT2D eigenvalue weighted by Gasteiger charge is 2.40. The number of para-hydroxylation sites is 2. The molecule has 0 saturated carbocycles. The minimum atomic E-state index is -0.688. The molecule has 0 heterocycles. The molecule has 1 rings (SSSR count). The van der Waals surface area contributed by atoms with E-state index in [4.69, 9.17) is 10.5 Å². The summed E-state index contributed by atoms with van der Waals surface area (Å²) in [5, 5.41) is 2.90. The number of hydrogen-bond acceptors (Lipinski definition) is 3. The van der Waals surface area contributed by atoms with Gasteiger partial charge < -0.3 is 15.8 Å². The first-order valence-corrected chi connectivity index (χ1v) is 6.52. The fraction of sp³-hybridized carbons (Fsp3) is 0.533. The Morgan fingerprint density at radius 2 is 1.84 bits per heavy atom. The largest absolute Gasteiger partial charge is 0.492 e. The van der Waals surface area contributed by atoms with E-state index in [-0.39, 0.29) is 5.91 Å². The van der Waals surface area contributed by atoms with Gasteiger partial charge in [0.15, 0.2) is 0 Å². The summed E-state index contributed by atoms with van der Waals surface area (Å²) in [6, 6.07) is 7.39. The number of anilines is 1. The molecule has 0 aliphatic rings. The van der Waals surface area contributed by atoms with Crippen LogP contribution in [0.2, 0.25) is 0 Å². The number of ether oxygens (including phenoxy) is 1. The maximum absolute atomic E-state index is 12.4. The maximum atomic E-state index is 12.4. The van der Waals surface area contributed by atoms with Crippen LogP contribution < -0.4 is 15.8 Å². The lowest BCUT2D eigenvalue weighted by Gasteiger charge is -2.37. The normalized spacial score (nSPS) is 12.1. The number of carbonyl (C=O) groups excluding carboxylic acids is 1. The molecular formula is C15H24N2O2. The highest BCUT2D eigenvalue weighted by atomic mass is 16.5. The average Bonchev–Trinajstić information content (AvgIpc) is 2.30. The van der Waals surface area contributed by atoms with Crippen molar-refractivity contribution < 1.29 is 9.53 Å². The molecule has 4 nitrogen and oxygen atoms in total. The minimum absolute atomic E-state index is 0.118. The number of nitrogens with one attached hydrogen (secondary N) is 1. The quantitative estimate of drug-likeness (QED) is 0.859. The molecule has 0 radical (unpaired) electrons. The first-order chi connectivity index (χ1) is 8.70. The second-order valence-electron chi connectivity index (χ2n) is 5.73. The standard InChI is InChI=1S/C15H24N2O2/c1-6-19-12-10-8-7-9-11(12)17-13(18)14(2,3)15(4,5)16/h7-10H,6,16H2,1-5H3,(H,17,18). The summed E-state index contributed by atoms with van der Waals surface area (Å²) in [5.41, 5.74) is 5.44. The number of benzene rings is 1. The maximum Gasteiger partial charge on any atom is 0.231 e. The van der Waals surface area contributed by atoms with Gasteiger partial charge >= 0.3 is 0 Å². The van der Waals surface area contributed by atoms with Gasteiger partial charge in [0, 0.05) is 5.54 Å². The molecule has 0 aliphatic carbocycles. The second kappa shape index (κ2) is 5.61. The third-order valence-corrected chi connectivity index (χ3v) is 3.61. The smallest absolute Gasteiger partial charge is 0.231 e. The first kappa shape index (κ1) is 15.5. The van der Waals surface area contributed by atoms with Gasteiger partial charge in [-0.25, -0.2) is 0 Å². The molecule has 0 aromatic heterocycles. The van der Waals surface area contributed by atoms with Crippen LogP contribution in [0.4, 0.5) is 5.69 Å². The van der Waals surface area contributed by atoms with Crippen molar-refractivity contribution in [2.45, 2.75) is 40.2 Å². The predicted molar refractivity (Wildman–Crippen MR) is 78.3 cm³/mol. The van der Waals surface area contributed by atoms with Crippen molar-refractivity contribution in [3.05, 3.63) is 24.3 Å². The lowest BCUT2D eigenvalue weighted by molar-refractivity contribution is -0.126. The molecule has 1 aromatic carbocycles. The molecule has 1 aromatic rings. The van der Waals surface area contributed by atoms with Crippen molar-refractivity contribution >= 4 is 11.6 Å². The average molecular weight is 264 g/mol. The Morgan fingerprint density at radius 1 is 1.26 bits per heavy atom. The molecule has 0 spiro atoms. The SMILES string of the molecule is CCOc1ccccc1NC(=O)C(C)(C)C(C)(C)N. The molecule has 1 amide bonds. The summed E-state index contributed by atoms with van der Waals surface area (Å²) in [6.45, 7) is 9.84. The van der Waals surface area contributed by atoms with E-state index in [1.165, 1.54) is 0 Å². The van der Waals surface area contributed by atoms with Crippen molar-refractivity contribution in [2.75, 3.05) is 11.9 Å². The third-order valence-electron chi connectivity index (χ3n) is 3.61. The number of amides is 1. The Kier molecular flexibility index (Phi) is 4.58. The van der Waals surface area contributed by atoms with Crippen molar-refractivity contribution in [3.63, 3.8) is 0 Å². The highest BCUT2D eigenvalue weighted by Crippen LogP contribution is 2.32. The van der Waals surface area contributed by atoms with E-state index >= 15 is 0 Å². The number of carbonyl (C=O) groups is 1. The predicted octanol–water partition coefficient (Wildman–Crippen LogP) is 2.79. The molecule has 4 heteroatoms. The Bertz CT molecular complexity index is 448. The van der Waals surface area contributed by atoms with Crippen LogP contribution in [0.5, 0.6) is 5.75 Å². The summed E-state index contributed by atoms with van der Waals surface area (Å²) in [4.78, 5) is 12.4. The first-order valence-electron chi connectivity index (χ1n) is 6.52. The van der Waals surface area contributed by atoms with E-state index in [1.54, 1.807) is 0 Å². The summed E-state index contributed by atoms with van der Waals surface area (Å²) in [5.74, 6) is 0.552. The molecule has 0 fully saturated rings. The monoisotopic (exact) mass is 264 g/mol. The van der Waals surface area contributed by atoms with E-state index in [2.05, 4.69) is 5.32 Å². The van der Waals surface area contributed by atoms with E-state index in [9.17, 15) is 4.79 Å². The van der Waals surface area contributed by atoms with Gasteiger partial charge in [0.2, 0.25) is 5.91 Å². The van der Waals surface area contributed by atoms with Gasteiger partial charge in [-0.05, 0) is 46.8 Å². The Balaban J connectivity index is 2.94. The van der Waals surface area contributed by atoms with Crippen LogP contribution in [0.15, 0.2) is 24.3 Å². The van der Waals surface area contributed by atoms with Gasteiger partial charge in [-0.15, -0.1) is 0 Å². The van der Waals surface area contributed by atoms with E-state index in [1.807, 2.05) is 58.9 Å². The molecule has 0 unspecified atom stereocenters. The molecule has 19 heavy (non-hydrogen) atoms. The van der Waals surface area contributed by atoms with Crippen LogP contribution in [-0.2, 0) is 4.79 Å². The van der Waals surface area contributed by atoms with E-state index in [0.29, 0.717) is 18.0 Å². The third kappa shape index (κ3) is 3.47. The fourth-order valence-electron chi connectivity index (χ4n) is 1.42. The molecular weight excluding hydrogens is 240 g/mol. The Labute approximate surface area is 115 Å². The Morgan fingerprint density at radius 3 is 2.37 bits per heavy atom. The van der Waals surface area contributed by atoms with Crippen LogP contribution in [0.1, 0.15) is 34.6 Å². The van der Waals surface area contributed by atoms with Crippen LogP contribution in [0.3, 0.4) is 0 Å². The zero-order valence-corrected chi connectivity index (χ0v) is 12.4. The Hall–Kier alpha value is -1.55. The van der Waals surface area contributed by atoms with Gasteiger partial charge in [0.05, 0.1) is 17.7 Å². The van der Waals surface area contributed by atoms with Crippen LogP contribution in [0, 0.1) is 5.41 Å². The van der Waals surface area contributed by atoms with E-state index < -0.39 is 11.0 Å². The molecule has 106 valence electrons. The molecule has 0 atom stereocenters. The van der Waals surface area contributed by atoms with Gasteiger partial charge in [0.25, 0.3) is 0 Å². The van der Waals surface area contributed by atoms with Crippen molar-refractivity contribution in [1.29, 1.82) is 0 Å². The van der Waals surface area contributed by atoms with Crippen molar-refractivity contribution in [2.24, 2.45) is 11.1 Å². The summed E-state index contributed by atoms with van der Waals surface area (Å²) < 4.78 is 5.49. The molecule has 0 bridgehead atoms.